The summed E-state index contributed by atoms with van der Waals surface area (Å²) in [5.41, 5.74) is 1.53. The zero-order valence-corrected chi connectivity index (χ0v) is 13.7. The molecule has 1 amide bonds. The Balaban J connectivity index is 2.47. The third-order valence-corrected chi connectivity index (χ3v) is 3.09. The van der Waals surface area contributed by atoms with Crippen LogP contribution in [0.3, 0.4) is 0 Å². The molecule has 0 fully saturated rings. The van der Waals surface area contributed by atoms with Crippen molar-refractivity contribution in [1.29, 1.82) is 0 Å². The van der Waals surface area contributed by atoms with E-state index in [2.05, 4.69) is 41.5 Å². The Labute approximate surface area is 128 Å². The number of carbonyl (C=O) groups is 1. The first-order chi connectivity index (χ1) is 10.0. The van der Waals surface area contributed by atoms with Crippen molar-refractivity contribution in [2.45, 2.75) is 33.1 Å². The zero-order valence-electron chi connectivity index (χ0n) is 13.7. The molecular formula is C16H28N4O. The maximum Gasteiger partial charge on any atom is 0.251 e. The second-order valence-electron chi connectivity index (χ2n) is 5.58. The highest BCUT2D eigenvalue weighted by Crippen LogP contribution is 2.10. The summed E-state index contributed by atoms with van der Waals surface area (Å²) in [6, 6.07) is 3.64. The van der Waals surface area contributed by atoms with Gasteiger partial charge in [-0.1, -0.05) is 6.92 Å². The van der Waals surface area contributed by atoms with Crippen LogP contribution < -0.4 is 10.6 Å². The van der Waals surface area contributed by atoms with Gasteiger partial charge in [0.15, 0.2) is 0 Å². The molecule has 118 valence electrons. The van der Waals surface area contributed by atoms with Gasteiger partial charge < -0.3 is 15.5 Å². The lowest BCUT2D eigenvalue weighted by molar-refractivity contribution is 0.0952. The predicted octanol–water partition coefficient (Wildman–Crippen LogP) is 2.28. The number of nitrogens with zero attached hydrogens (tertiary/aromatic N) is 2. The number of anilines is 1. The van der Waals surface area contributed by atoms with Crippen LogP contribution in [-0.4, -0.2) is 49.5 Å². The molecule has 1 aromatic heterocycles. The molecule has 0 aliphatic rings. The molecule has 1 rings (SSSR count). The summed E-state index contributed by atoms with van der Waals surface area (Å²) < 4.78 is 0. The van der Waals surface area contributed by atoms with Crippen LogP contribution in [0.4, 0.5) is 5.82 Å². The molecule has 5 heteroatoms. The molecule has 1 aromatic rings. The minimum atomic E-state index is -0.0232. The predicted molar refractivity (Wildman–Crippen MR) is 87.9 cm³/mol. The van der Waals surface area contributed by atoms with Crippen LogP contribution in [0.1, 0.15) is 42.2 Å². The van der Waals surface area contributed by atoms with E-state index in [0.29, 0.717) is 12.1 Å². The summed E-state index contributed by atoms with van der Waals surface area (Å²) in [5, 5.41) is 6.19. The van der Waals surface area contributed by atoms with E-state index in [9.17, 15) is 4.79 Å². The summed E-state index contributed by atoms with van der Waals surface area (Å²) in [4.78, 5) is 18.7. The lowest BCUT2D eigenvalue weighted by Crippen LogP contribution is -2.25. The Kier molecular flexibility index (Phi) is 7.75. The van der Waals surface area contributed by atoms with E-state index in [1.54, 1.807) is 0 Å². The van der Waals surface area contributed by atoms with E-state index in [0.717, 1.165) is 43.9 Å². The van der Waals surface area contributed by atoms with Crippen LogP contribution >= 0.6 is 0 Å². The number of rotatable bonds is 9. The van der Waals surface area contributed by atoms with Crippen molar-refractivity contribution in [3.63, 3.8) is 0 Å². The van der Waals surface area contributed by atoms with Crippen molar-refractivity contribution in [1.82, 2.24) is 15.2 Å². The number of aromatic nitrogens is 1. The smallest absolute Gasteiger partial charge is 0.251 e. The SMILES string of the molecule is CCCNc1cc(C(=O)NCCCCN(C)C)cc(C)n1. The molecule has 21 heavy (non-hydrogen) atoms. The molecule has 0 unspecified atom stereocenters. The van der Waals surface area contributed by atoms with Gasteiger partial charge in [-0.05, 0) is 59.0 Å². The van der Waals surface area contributed by atoms with Gasteiger partial charge in [0.25, 0.3) is 5.91 Å². The maximum absolute atomic E-state index is 12.1. The van der Waals surface area contributed by atoms with Gasteiger partial charge in [0.05, 0.1) is 0 Å². The number of carbonyl (C=O) groups excluding carboxylic acids is 1. The lowest BCUT2D eigenvalue weighted by Gasteiger charge is -2.11. The largest absolute Gasteiger partial charge is 0.370 e. The second-order valence-corrected chi connectivity index (χ2v) is 5.58. The third-order valence-electron chi connectivity index (χ3n) is 3.09. The summed E-state index contributed by atoms with van der Waals surface area (Å²) >= 11 is 0. The number of amides is 1. The van der Waals surface area contributed by atoms with Crippen LogP contribution in [0.25, 0.3) is 0 Å². The number of unbranched alkanes of at least 4 members (excludes halogenated alkanes) is 1. The molecular weight excluding hydrogens is 264 g/mol. The molecule has 0 bridgehead atoms. The zero-order chi connectivity index (χ0) is 15.7. The highest BCUT2D eigenvalue weighted by molar-refractivity contribution is 5.94. The summed E-state index contributed by atoms with van der Waals surface area (Å²) in [6.45, 7) is 6.64. The van der Waals surface area contributed by atoms with Gasteiger partial charge in [-0.3, -0.25) is 4.79 Å². The number of aryl methyl sites for hydroxylation is 1. The van der Waals surface area contributed by atoms with E-state index >= 15 is 0 Å². The topological polar surface area (TPSA) is 57.3 Å². The van der Waals surface area contributed by atoms with Crippen molar-refractivity contribution in [3.05, 3.63) is 23.4 Å². The number of hydrogen-bond acceptors (Lipinski definition) is 4. The lowest BCUT2D eigenvalue weighted by atomic mass is 10.2. The van der Waals surface area contributed by atoms with Gasteiger partial charge in [-0.15, -0.1) is 0 Å². The minimum absolute atomic E-state index is 0.0232. The molecule has 0 atom stereocenters. The first-order valence-electron chi connectivity index (χ1n) is 7.68. The Hall–Kier alpha value is -1.62. The monoisotopic (exact) mass is 292 g/mol. The molecule has 5 nitrogen and oxygen atoms in total. The van der Waals surface area contributed by atoms with Gasteiger partial charge in [0.1, 0.15) is 5.82 Å². The maximum atomic E-state index is 12.1. The molecule has 2 N–H and O–H groups in total. The highest BCUT2D eigenvalue weighted by Gasteiger charge is 2.08. The van der Waals surface area contributed by atoms with E-state index in [4.69, 9.17) is 0 Å². The molecule has 0 aliphatic carbocycles. The number of hydrogen-bond donors (Lipinski definition) is 2. The van der Waals surface area contributed by atoms with E-state index in [-0.39, 0.29) is 5.91 Å². The average Bonchev–Trinajstić information content (AvgIpc) is 2.43. The van der Waals surface area contributed by atoms with Crippen molar-refractivity contribution in [2.24, 2.45) is 0 Å². The Morgan fingerprint density at radius 2 is 2.00 bits per heavy atom. The van der Waals surface area contributed by atoms with E-state index < -0.39 is 0 Å². The Bertz CT molecular complexity index is 446. The molecule has 0 saturated heterocycles. The molecule has 0 aromatic carbocycles. The number of nitrogens with one attached hydrogen (secondary N) is 2. The molecule has 0 saturated carbocycles. The van der Waals surface area contributed by atoms with Crippen molar-refractivity contribution >= 4 is 11.7 Å². The standard InChI is InChI=1S/C16H28N4O/c1-5-8-17-15-12-14(11-13(2)19-15)16(21)18-9-6-7-10-20(3)4/h11-12H,5-10H2,1-4H3,(H,17,19)(H,18,21). The first kappa shape index (κ1) is 17.4. The first-order valence-corrected chi connectivity index (χ1v) is 7.68. The fourth-order valence-corrected chi connectivity index (χ4v) is 2.00. The van der Waals surface area contributed by atoms with Gasteiger partial charge in [0.2, 0.25) is 0 Å². The van der Waals surface area contributed by atoms with Crippen LogP contribution in [0, 0.1) is 6.92 Å². The van der Waals surface area contributed by atoms with Gasteiger partial charge in [0, 0.05) is 24.3 Å². The normalized spacial score (nSPS) is 10.7. The summed E-state index contributed by atoms with van der Waals surface area (Å²) in [6.07, 6.45) is 3.11. The third kappa shape index (κ3) is 7.09. The fourth-order valence-electron chi connectivity index (χ4n) is 2.00. The van der Waals surface area contributed by atoms with Crippen LogP contribution in [0.15, 0.2) is 12.1 Å². The fraction of sp³-hybridized carbons (Fsp3) is 0.625. The highest BCUT2D eigenvalue weighted by atomic mass is 16.1. The van der Waals surface area contributed by atoms with E-state index in [1.165, 1.54) is 0 Å². The molecule has 0 aliphatic heterocycles. The molecule has 0 radical (unpaired) electrons. The summed E-state index contributed by atoms with van der Waals surface area (Å²) in [7, 11) is 4.12. The Morgan fingerprint density at radius 3 is 2.67 bits per heavy atom. The Morgan fingerprint density at radius 1 is 1.24 bits per heavy atom. The van der Waals surface area contributed by atoms with Gasteiger partial charge in [-0.2, -0.15) is 0 Å². The molecule has 0 spiro atoms. The van der Waals surface area contributed by atoms with Crippen molar-refractivity contribution in [2.75, 3.05) is 39.0 Å². The van der Waals surface area contributed by atoms with Crippen LogP contribution in [0.2, 0.25) is 0 Å². The van der Waals surface area contributed by atoms with Gasteiger partial charge in [-0.25, -0.2) is 4.98 Å². The van der Waals surface area contributed by atoms with Gasteiger partial charge >= 0.3 is 0 Å². The number of pyridine rings is 1. The second kappa shape index (κ2) is 9.34. The van der Waals surface area contributed by atoms with Crippen molar-refractivity contribution < 1.29 is 4.79 Å². The quantitative estimate of drug-likeness (QED) is 0.686. The summed E-state index contributed by atoms with van der Waals surface area (Å²) in [5.74, 6) is 0.750. The van der Waals surface area contributed by atoms with E-state index in [1.807, 2.05) is 19.1 Å². The van der Waals surface area contributed by atoms with Crippen LogP contribution in [0.5, 0.6) is 0 Å². The average molecular weight is 292 g/mol. The molecule has 1 heterocycles. The minimum Gasteiger partial charge on any atom is -0.370 e. The van der Waals surface area contributed by atoms with Crippen LogP contribution in [-0.2, 0) is 0 Å². The van der Waals surface area contributed by atoms with Crippen molar-refractivity contribution in [3.8, 4) is 0 Å².